The number of hydrogen-bond donors (Lipinski definition) is 1. The highest BCUT2D eigenvalue weighted by Gasteiger charge is 2.18. The van der Waals surface area contributed by atoms with Crippen LogP contribution in [0.1, 0.15) is 31.1 Å². The summed E-state index contributed by atoms with van der Waals surface area (Å²) in [6.07, 6.45) is -0.598. The minimum absolute atomic E-state index is 0.144. The van der Waals surface area contributed by atoms with Crippen molar-refractivity contribution in [1.29, 1.82) is 0 Å². The van der Waals surface area contributed by atoms with Crippen LogP contribution in [0.3, 0.4) is 0 Å². The number of amides is 1. The Hall–Kier alpha value is -3.22. The third-order valence-corrected chi connectivity index (χ3v) is 3.30. The Bertz CT molecular complexity index is 840. The Morgan fingerprint density at radius 3 is 2.58 bits per heavy atom. The number of anilines is 1. The van der Waals surface area contributed by atoms with Crippen LogP contribution in [0, 0.1) is 0 Å². The average Bonchev–Trinajstić information content (AvgIpc) is 3.01. The quantitative estimate of drug-likeness (QED) is 0.661. The lowest BCUT2D eigenvalue weighted by Gasteiger charge is -2.19. The van der Waals surface area contributed by atoms with Crippen LogP contribution in [0.25, 0.3) is 0 Å². The molecule has 1 amide bonds. The van der Waals surface area contributed by atoms with Crippen molar-refractivity contribution >= 4 is 17.7 Å². The topological polar surface area (TPSA) is 83.1 Å². The predicted octanol–water partition coefficient (Wildman–Crippen LogP) is 3.98. The molecule has 0 aromatic heterocycles. The lowest BCUT2D eigenvalue weighted by atomic mass is 10.2. The zero-order valence-electron chi connectivity index (χ0n) is 14.7. The maximum absolute atomic E-state index is 12.3. The van der Waals surface area contributed by atoms with Gasteiger partial charge in [-0.15, -0.1) is 0 Å². The normalized spacial score (nSPS) is 12.4. The number of fused-ring (bicyclic) bond motifs is 1. The molecule has 1 aliphatic rings. The molecule has 0 bridgehead atoms. The van der Waals surface area contributed by atoms with Crippen molar-refractivity contribution < 1.29 is 28.5 Å². The molecule has 0 aliphatic carbocycles. The first kappa shape index (κ1) is 17.6. The molecule has 1 aliphatic heterocycles. The van der Waals surface area contributed by atoms with Gasteiger partial charge < -0.3 is 18.9 Å². The molecule has 0 atom stereocenters. The molecule has 7 nitrogen and oxygen atoms in total. The highest BCUT2D eigenvalue weighted by molar-refractivity contribution is 5.93. The van der Waals surface area contributed by atoms with Gasteiger partial charge in [-0.1, -0.05) is 6.07 Å². The number of nitrogens with one attached hydrogen (secondary N) is 1. The van der Waals surface area contributed by atoms with E-state index in [4.69, 9.17) is 18.9 Å². The summed E-state index contributed by atoms with van der Waals surface area (Å²) < 4.78 is 21.0. The summed E-state index contributed by atoms with van der Waals surface area (Å²) in [6.45, 7) is 5.45. The molecule has 26 heavy (non-hydrogen) atoms. The standard InChI is InChI=1S/C19H19NO6/c1-19(2,3)26-18(22)20-13-6-4-5-12(9-13)17(21)25-14-7-8-15-16(10-14)24-11-23-15/h4-10H,11H2,1-3H3,(H,20,22). The zero-order chi connectivity index (χ0) is 18.7. The van der Waals surface area contributed by atoms with Gasteiger partial charge in [0.15, 0.2) is 11.5 Å². The van der Waals surface area contributed by atoms with Crippen LogP contribution in [-0.4, -0.2) is 24.5 Å². The summed E-state index contributed by atoms with van der Waals surface area (Å²) in [5.74, 6) is 0.908. The van der Waals surface area contributed by atoms with Crippen LogP contribution < -0.4 is 19.5 Å². The lowest BCUT2D eigenvalue weighted by molar-refractivity contribution is 0.0634. The van der Waals surface area contributed by atoms with Crippen LogP contribution in [0.15, 0.2) is 42.5 Å². The Morgan fingerprint density at radius 2 is 1.81 bits per heavy atom. The first-order valence-electron chi connectivity index (χ1n) is 8.02. The van der Waals surface area contributed by atoms with Crippen LogP contribution in [0.2, 0.25) is 0 Å². The number of ether oxygens (including phenoxy) is 4. The van der Waals surface area contributed by atoms with Crippen LogP contribution in [0.5, 0.6) is 17.2 Å². The Labute approximate surface area is 150 Å². The molecule has 0 saturated carbocycles. The molecule has 0 unspecified atom stereocenters. The number of rotatable bonds is 3. The molecule has 0 spiro atoms. The fourth-order valence-electron chi connectivity index (χ4n) is 2.25. The Kier molecular flexibility index (Phi) is 4.71. The first-order chi connectivity index (χ1) is 12.3. The van der Waals surface area contributed by atoms with E-state index in [2.05, 4.69) is 5.32 Å². The van der Waals surface area contributed by atoms with Gasteiger partial charge in [-0.25, -0.2) is 9.59 Å². The predicted molar refractivity (Wildman–Crippen MR) is 93.8 cm³/mol. The van der Waals surface area contributed by atoms with E-state index >= 15 is 0 Å². The van der Waals surface area contributed by atoms with Gasteiger partial charge in [-0.05, 0) is 51.1 Å². The first-order valence-corrected chi connectivity index (χ1v) is 8.02. The molecule has 2 aromatic rings. The number of esters is 1. The molecule has 2 aromatic carbocycles. The molecule has 0 radical (unpaired) electrons. The summed E-state index contributed by atoms with van der Waals surface area (Å²) in [5, 5.41) is 2.59. The summed E-state index contributed by atoms with van der Waals surface area (Å²) in [6, 6.07) is 11.3. The largest absolute Gasteiger partial charge is 0.454 e. The SMILES string of the molecule is CC(C)(C)OC(=O)Nc1cccc(C(=O)Oc2ccc3c(c2)OCO3)c1. The highest BCUT2D eigenvalue weighted by Crippen LogP contribution is 2.35. The van der Waals surface area contributed by atoms with Gasteiger partial charge in [0, 0.05) is 11.8 Å². The van der Waals surface area contributed by atoms with Gasteiger partial charge in [-0.2, -0.15) is 0 Å². The monoisotopic (exact) mass is 357 g/mol. The second kappa shape index (κ2) is 6.95. The van der Waals surface area contributed by atoms with Gasteiger partial charge in [0.05, 0.1) is 5.56 Å². The van der Waals surface area contributed by atoms with Crippen molar-refractivity contribution in [3.8, 4) is 17.2 Å². The van der Waals surface area contributed by atoms with E-state index in [0.29, 0.717) is 22.9 Å². The molecule has 1 heterocycles. The molecule has 1 N–H and O–H groups in total. The van der Waals surface area contributed by atoms with Crippen molar-refractivity contribution in [2.75, 3.05) is 12.1 Å². The van der Waals surface area contributed by atoms with Crippen LogP contribution >= 0.6 is 0 Å². The van der Waals surface area contributed by atoms with Crippen molar-refractivity contribution in [2.45, 2.75) is 26.4 Å². The number of carbonyl (C=O) groups excluding carboxylic acids is 2. The molecule has 3 rings (SSSR count). The molecular weight excluding hydrogens is 338 g/mol. The second-order valence-electron chi connectivity index (χ2n) is 6.61. The maximum Gasteiger partial charge on any atom is 0.412 e. The van der Waals surface area contributed by atoms with Gasteiger partial charge in [0.25, 0.3) is 0 Å². The fourth-order valence-corrected chi connectivity index (χ4v) is 2.25. The van der Waals surface area contributed by atoms with Crippen molar-refractivity contribution in [3.05, 3.63) is 48.0 Å². The van der Waals surface area contributed by atoms with E-state index in [0.717, 1.165) is 0 Å². The third-order valence-electron chi connectivity index (χ3n) is 3.30. The molecule has 0 fully saturated rings. The number of benzene rings is 2. The van der Waals surface area contributed by atoms with Crippen molar-refractivity contribution in [3.63, 3.8) is 0 Å². The maximum atomic E-state index is 12.3. The smallest absolute Gasteiger partial charge is 0.412 e. The van der Waals surface area contributed by atoms with Crippen molar-refractivity contribution in [1.82, 2.24) is 0 Å². The van der Waals surface area contributed by atoms with Gasteiger partial charge in [-0.3, -0.25) is 5.32 Å². The average molecular weight is 357 g/mol. The molecule has 7 heteroatoms. The number of carbonyl (C=O) groups is 2. The Morgan fingerprint density at radius 1 is 1.04 bits per heavy atom. The molecule has 0 saturated heterocycles. The minimum atomic E-state index is -0.611. The summed E-state index contributed by atoms with van der Waals surface area (Å²) in [5.41, 5.74) is 0.107. The van der Waals surface area contributed by atoms with E-state index < -0.39 is 17.7 Å². The van der Waals surface area contributed by atoms with Crippen LogP contribution in [-0.2, 0) is 4.74 Å². The zero-order valence-corrected chi connectivity index (χ0v) is 14.7. The van der Waals surface area contributed by atoms with E-state index in [9.17, 15) is 9.59 Å². The highest BCUT2D eigenvalue weighted by atomic mass is 16.7. The van der Waals surface area contributed by atoms with E-state index in [1.807, 2.05) is 0 Å². The van der Waals surface area contributed by atoms with Crippen LogP contribution in [0.4, 0.5) is 10.5 Å². The van der Waals surface area contributed by atoms with Gasteiger partial charge in [0.2, 0.25) is 6.79 Å². The number of hydrogen-bond acceptors (Lipinski definition) is 6. The molecular formula is C19H19NO6. The van der Waals surface area contributed by atoms with Gasteiger partial charge in [0.1, 0.15) is 11.4 Å². The summed E-state index contributed by atoms with van der Waals surface area (Å²) >= 11 is 0. The second-order valence-corrected chi connectivity index (χ2v) is 6.61. The summed E-state index contributed by atoms with van der Waals surface area (Å²) in [7, 11) is 0. The van der Waals surface area contributed by atoms with E-state index in [1.165, 1.54) is 6.07 Å². The summed E-state index contributed by atoms with van der Waals surface area (Å²) in [4.78, 5) is 24.2. The van der Waals surface area contributed by atoms with Crippen molar-refractivity contribution in [2.24, 2.45) is 0 Å². The minimum Gasteiger partial charge on any atom is -0.454 e. The fraction of sp³-hybridized carbons (Fsp3) is 0.263. The van der Waals surface area contributed by atoms with E-state index in [1.54, 1.807) is 57.2 Å². The third kappa shape index (κ3) is 4.44. The van der Waals surface area contributed by atoms with Gasteiger partial charge >= 0.3 is 12.1 Å². The van der Waals surface area contributed by atoms with E-state index in [-0.39, 0.29) is 12.4 Å². The lowest BCUT2D eigenvalue weighted by Crippen LogP contribution is -2.27. The Balaban J connectivity index is 1.67. The molecule has 136 valence electrons.